The lowest BCUT2D eigenvalue weighted by atomic mass is 9.96. The van der Waals surface area contributed by atoms with Crippen LogP contribution in [-0.2, 0) is 4.74 Å². The van der Waals surface area contributed by atoms with Crippen LogP contribution in [0.2, 0.25) is 0 Å². The SMILES string of the molecule is COC(=O)c1cc(-c2cc(-c3ccccc3O)nc(NC(=O)c3cccs3)c2C#N)ccc1OC. The lowest BCUT2D eigenvalue weighted by Gasteiger charge is -2.15. The molecule has 0 atom stereocenters. The van der Waals surface area contributed by atoms with Crippen LogP contribution < -0.4 is 10.1 Å². The Labute approximate surface area is 205 Å². The number of nitrogens with one attached hydrogen (secondary N) is 1. The number of para-hydroxylation sites is 1. The zero-order valence-electron chi connectivity index (χ0n) is 18.7. The second-order valence-corrected chi connectivity index (χ2v) is 8.19. The molecule has 0 saturated heterocycles. The van der Waals surface area contributed by atoms with Gasteiger partial charge in [-0.3, -0.25) is 4.79 Å². The number of nitrogens with zero attached hydrogens (tertiary/aromatic N) is 2. The standard InChI is InChI=1S/C26H19N3O5S/c1-33-22-10-9-15(12-18(22)26(32)34-2)17-13-20(16-6-3-4-7-21(16)30)28-24(19(17)14-27)29-25(31)23-8-5-11-35-23/h3-13,30H,1-2H3,(H,28,29,31). The highest BCUT2D eigenvalue weighted by molar-refractivity contribution is 7.12. The highest BCUT2D eigenvalue weighted by atomic mass is 32.1. The number of phenolic OH excluding ortho intramolecular Hbond substituents is 1. The lowest BCUT2D eigenvalue weighted by Crippen LogP contribution is -2.13. The van der Waals surface area contributed by atoms with Crippen molar-refractivity contribution in [3.05, 3.63) is 82.0 Å². The number of rotatable bonds is 6. The van der Waals surface area contributed by atoms with Gasteiger partial charge in [0.25, 0.3) is 5.91 Å². The van der Waals surface area contributed by atoms with Crippen molar-refractivity contribution in [3.8, 4) is 40.0 Å². The van der Waals surface area contributed by atoms with Crippen molar-refractivity contribution in [2.75, 3.05) is 19.5 Å². The number of thiophene rings is 1. The van der Waals surface area contributed by atoms with Gasteiger partial charge < -0.3 is 19.9 Å². The van der Waals surface area contributed by atoms with E-state index >= 15 is 0 Å². The number of amides is 1. The van der Waals surface area contributed by atoms with Crippen molar-refractivity contribution >= 4 is 29.0 Å². The summed E-state index contributed by atoms with van der Waals surface area (Å²) in [6.07, 6.45) is 0. The highest BCUT2D eigenvalue weighted by Crippen LogP contribution is 2.37. The third-order valence-electron chi connectivity index (χ3n) is 5.20. The molecule has 0 aliphatic carbocycles. The van der Waals surface area contributed by atoms with Crippen molar-refractivity contribution < 1.29 is 24.2 Å². The molecule has 0 aliphatic rings. The number of aromatic nitrogens is 1. The largest absolute Gasteiger partial charge is 0.507 e. The predicted molar refractivity (Wildman–Crippen MR) is 132 cm³/mol. The van der Waals surface area contributed by atoms with Gasteiger partial charge in [-0.05, 0) is 47.3 Å². The Kier molecular flexibility index (Phi) is 6.76. The summed E-state index contributed by atoms with van der Waals surface area (Å²) in [6, 6.07) is 18.6. The van der Waals surface area contributed by atoms with Crippen molar-refractivity contribution in [2.45, 2.75) is 0 Å². The fourth-order valence-electron chi connectivity index (χ4n) is 3.53. The van der Waals surface area contributed by atoms with Crippen LogP contribution in [0.3, 0.4) is 0 Å². The molecule has 4 aromatic rings. The van der Waals surface area contributed by atoms with Gasteiger partial charge in [-0.25, -0.2) is 9.78 Å². The van der Waals surface area contributed by atoms with Crippen LogP contribution in [0.25, 0.3) is 22.4 Å². The third kappa shape index (κ3) is 4.69. The minimum atomic E-state index is -0.608. The molecule has 0 spiro atoms. The highest BCUT2D eigenvalue weighted by Gasteiger charge is 2.21. The van der Waals surface area contributed by atoms with Gasteiger partial charge in [-0.15, -0.1) is 11.3 Å². The van der Waals surface area contributed by atoms with E-state index in [0.717, 1.165) is 0 Å². The van der Waals surface area contributed by atoms with Gasteiger partial charge >= 0.3 is 5.97 Å². The molecule has 8 nitrogen and oxygen atoms in total. The summed E-state index contributed by atoms with van der Waals surface area (Å²) in [5.74, 6) is -0.716. The first kappa shape index (κ1) is 23.5. The fourth-order valence-corrected chi connectivity index (χ4v) is 4.15. The van der Waals surface area contributed by atoms with Crippen LogP contribution in [0.15, 0.2) is 66.0 Å². The van der Waals surface area contributed by atoms with Crippen LogP contribution in [0.5, 0.6) is 11.5 Å². The van der Waals surface area contributed by atoms with E-state index in [4.69, 9.17) is 9.47 Å². The fraction of sp³-hybridized carbons (Fsp3) is 0.0769. The molecule has 2 heterocycles. The van der Waals surface area contributed by atoms with E-state index in [1.807, 2.05) is 0 Å². The zero-order valence-corrected chi connectivity index (χ0v) is 19.6. The average Bonchev–Trinajstić information content (AvgIpc) is 3.43. The van der Waals surface area contributed by atoms with E-state index in [0.29, 0.717) is 33.0 Å². The van der Waals surface area contributed by atoms with Gasteiger partial charge in [-0.1, -0.05) is 24.3 Å². The molecule has 174 valence electrons. The molecule has 0 bridgehead atoms. The average molecular weight is 486 g/mol. The van der Waals surface area contributed by atoms with Crippen molar-refractivity contribution in [3.63, 3.8) is 0 Å². The number of carbonyl (C=O) groups excluding carboxylic acids is 2. The molecule has 2 aromatic carbocycles. The predicted octanol–water partition coefficient (Wildman–Crippen LogP) is 5.10. The van der Waals surface area contributed by atoms with Crippen LogP contribution >= 0.6 is 11.3 Å². The van der Waals surface area contributed by atoms with Gasteiger partial charge in [0.05, 0.1) is 24.8 Å². The number of pyridine rings is 1. The molecule has 0 saturated carbocycles. The number of methoxy groups -OCH3 is 2. The Bertz CT molecular complexity index is 1460. The van der Waals surface area contributed by atoms with E-state index in [1.165, 1.54) is 31.6 Å². The van der Waals surface area contributed by atoms with Gasteiger partial charge in [0.2, 0.25) is 0 Å². The molecule has 0 unspecified atom stereocenters. The number of hydrogen-bond donors (Lipinski definition) is 2. The lowest BCUT2D eigenvalue weighted by molar-refractivity contribution is 0.0597. The first-order chi connectivity index (χ1) is 17.0. The monoisotopic (exact) mass is 485 g/mol. The van der Waals surface area contributed by atoms with Crippen LogP contribution in [0.1, 0.15) is 25.6 Å². The summed E-state index contributed by atoms with van der Waals surface area (Å²) in [5, 5.41) is 24.9. The number of anilines is 1. The smallest absolute Gasteiger partial charge is 0.341 e. The van der Waals surface area contributed by atoms with Crippen molar-refractivity contribution in [1.29, 1.82) is 5.26 Å². The number of esters is 1. The van der Waals surface area contributed by atoms with Crippen LogP contribution in [0.4, 0.5) is 5.82 Å². The third-order valence-corrected chi connectivity index (χ3v) is 6.07. The summed E-state index contributed by atoms with van der Waals surface area (Å²) in [5.41, 5.74) is 1.89. The second kappa shape index (κ2) is 10.1. The Balaban J connectivity index is 1.95. The number of aromatic hydroxyl groups is 1. The number of benzene rings is 2. The summed E-state index contributed by atoms with van der Waals surface area (Å²) in [7, 11) is 2.69. The quantitative estimate of drug-likeness (QED) is 0.364. The molecule has 1 amide bonds. The molecule has 9 heteroatoms. The number of ether oxygens (including phenoxy) is 2. The first-order valence-electron chi connectivity index (χ1n) is 10.3. The van der Waals surface area contributed by atoms with Crippen molar-refractivity contribution in [1.82, 2.24) is 4.98 Å². The zero-order chi connectivity index (χ0) is 24.9. The Morgan fingerprint density at radius 1 is 1.06 bits per heavy atom. The molecule has 4 rings (SSSR count). The van der Waals surface area contributed by atoms with E-state index in [-0.39, 0.29) is 22.7 Å². The Morgan fingerprint density at radius 2 is 1.86 bits per heavy atom. The van der Waals surface area contributed by atoms with E-state index in [9.17, 15) is 20.0 Å². The first-order valence-corrected chi connectivity index (χ1v) is 11.2. The summed E-state index contributed by atoms with van der Waals surface area (Å²) < 4.78 is 10.1. The summed E-state index contributed by atoms with van der Waals surface area (Å²) in [4.78, 5) is 30.1. The van der Waals surface area contributed by atoms with Crippen LogP contribution in [-0.4, -0.2) is 36.2 Å². The van der Waals surface area contributed by atoms with E-state index in [2.05, 4.69) is 16.4 Å². The molecule has 0 fully saturated rings. The molecule has 0 radical (unpaired) electrons. The number of nitriles is 1. The number of phenols is 1. The van der Waals surface area contributed by atoms with Gasteiger partial charge in [0.15, 0.2) is 5.82 Å². The minimum absolute atomic E-state index is 0.0174. The second-order valence-electron chi connectivity index (χ2n) is 7.25. The van der Waals surface area contributed by atoms with Crippen LogP contribution in [0, 0.1) is 11.3 Å². The summed E-state index contributed by atoms with van der Waals surface area (Å²) >= 11 is 1.25. The van der Waals surface area contributed by atoms with Crippen molar-refractivity contribution in [2.24, 2.45) is 0 Å². The minimum Gasteiger partial charge on any atom is -0.507 e. The summed E-state index contributed by atoms with van der Waals surface area (Å²) in [6.45, 7) is 0. The normalized spacial score (nSPS) is 10.3. The Morgan fingerprint density at radius 3 is 2.51 bits per heavy atom. The molecular weight excluding hydrogens is 466 g/mol. The van der Waals surface area contributed by atoms with Gasteiger partial charge in [-0.2, -0.15) is 5.26 Å². The Hall–Kier alpha value is -4.68. The van der Waals surface area contributed by atoms with Gasteiger partial charge in [0, 0.05) is 11.1 Å². The maximum absolute atomic E-state index is 12.8. The molecule has 2 N–H and O–H groups in total. The van der Waals surface area contributed by atoms with E-state index in [1.54, 1.807) is 60.0 Å². The molecule has 0 aliphatic heterocycles. The maximum atomic E-state index is 12.8. The van der Waals surface area contributed by atoms with E-state index < -0.39 is 11.9 Å². The van der Waals surface area contributed by atoms with Gasteiger partial charge in [0.1, 0.15) is 28.7 Å². The molecule has 35 heavy (non-hydrogen) atoms. The number of hydrogen-bond acceptors (Lipinski definition) is 8. The molecule has 2 aromatic heterocycles. The number of carbonyl (C=O) groups is 2. The topological polar surface area (TPSA) is 122 Å². The maximum Gasteiger partial charge on any atom is 0.341 e. The molecular formula is C26H19N3O5S.